The van der Waals surface area contributed by atoms with E-state index in [1.165, 1.54) is 0 Å². The highest BCUT2D eigenvalue weighted by atomic mass is 128. The molecule has 1 unspecified atom stereocenters. The van der Waals surface area contributed by atoms with Gasteiger partial charge in [0, 0.05) is 49.2 Å². The normalized spacial score (nSPS) is 16.2. The zero-order valence-electron chi connectivity index (χ0n) is 10.9. The summed E-state index contributed by atoms with van der Waals surface area (Å²) in [4.78, 5) is 23.7. The summed E-state index contributed by atoms with van der Waals surface area (Å²) in [6, 6.07) is 5.51. The Morgan fingerprint density at radius 3 is 2.68 bits per heavy atom. The summed E-state index contributed by atoms with van der Waals surface area (Å²) in [6.07, 6.45) is 2.22. The third-order valence-electron chi connectivity index (χ3n) is 3.02. The molecule has 0 aliphatic carbocycles. The highest BCUT2D eigenvalue weighted by molar-refractivity contribution is 15.0. The Labute approximate surface area is 136 Å². The average molecular weight is 486 g/mol. The van der Waals surface area contributed by atoms with E-state index in [2.05, 4.69) is 37.2 Å². The zero-order chi connectivity index (χ0) is 14.4. The summed E-state index contributed by atoms with van der Waals surface area (Å²) in [6.45, 7) is 3.97. The first-order chi connectivity index (χ1) is 9.13. The third-order valence-corrected chi connectivity index (χ3v) is 3.02. The molecule has 1 heterocycles. The van der Waals surface area contributed by atoms with E-state index in [9.17, 15) is 9.59 Å². The molecule has 0 spiro atoms. The van der Waals surface area contributed by atoms with Crippen LogP contribution < -0.4 is 4.74 Å². The summed E-state index contributed by atoms with van der Waals surface area (Å²) in [5.41, 5.74) is 1.77. The van der Waals surface area contributed by atoms with E-state index >= 15 is 0 Å². The number of fused-ring (bicyclic) bond motifs is 1. The molecule has 1 aliphatic rings. The number of hydrogen-bond acceptors (Lipinski definition) is 3. The van der Waals surface area contributed by atoms with Crippen LogP contribution in [0.25, 0.3) is 0 Å². The molecular weight excluding hydrogens is 470 g/mol. The molecule has 3 nitrogen and oxygen atoms in total. The van der Waals surface area contributed by atoms with Crippen LogP contribution in [0, 0.1) is 6.92 Å². The summed E-state index contributed by atoms with van der Waals surface area (Å²) < 4.78 is 5.12. The van der Waals surface area contributed by atoms with E-state index in [-0.39, 0.29) is 5.78 Å². The molecule has 1 aromatic rings. The molecular formula is C14H16I2O3. The van der Waals surface area contributed by atoms with Crippen molar-refractivity contribution in [2.24, 2.45) is 0 Å². The average Bonchev–Trinajstić information content (AvgIpc) is 2.73. The fraction of sp³-hybridized carbons (Fsp3) is 0.429. The highest BCUT2D eigenvalue weighted by Crippen LogP contribution is 2.36. The molecule has 1 atom stereocenters. The van der Waals surface area contributed by atoms with Crippen molar-refractivity contribution >= 4 is 49.0 Å². The lowest BCUT2D eigenvalue weighted by Gasteiger charge is -2.06. The molecule has 0 saturated heterocycles. The number of ether oxygens (including phenoxy) is 1. The Kier molecular flexibility index (Phi) is 7.27. The number of benzene rings is 1. The summed E-state index contributed by atoms with van der Waals surface area (Å²) >= 11 is 4.24. The van der Waals surface area contributed by atoms with Gasteiger partial charge in [0.25, 0.3) is 0 Å². The minimum absolute atomic E-state index is 0.0267. The summed E-state index contributed by atoms with van der Waals surface area (Å²) in [5.74, 6) is -0.611. The van der Waals surface area contributed by atoms with E-state index < -0.39 is 11.9 Å². The van der Waals surface area contributed by atoms with Crippen LogP contribution >= 0.6 is 37.2 Å². The van der Waals surface area contributed by atoms with E-state index in [0.29, 0.717) is 12.2 Å². The first kappa shape index (κ1) is 16.9. The monoisotopic (exact) mass is 486 g/mol. The first-order valence-electron chi connectivity index (χ1n) is 6.12. The molecule has 19 heavy (non-hydrogen) atoms. The Morgan fingerprint density at radius 1 is 1.37 bits per heavy atom. The third kappa shape index (κ3) is 4.14. The van der Waals surface area contributed by atoms with Crippen LogP contribution in [0.5, 0.6) is 5.75 Å². The van der Waals surface area contributed by atoms with Crippen LogP contribution in [0.3, 0.4) is 0 Å². The first-order valence-corrected chi connectivity index (χ1v) is 12.4. The molecule has 5 heteroatoms. The summed E-state index contributed by atoms with van der Waals surface area (Å²) in [5, 5.41) is 0. The number of hydrogen-bond donors (Lipinski definition) is 0. The Morgan fingerprint density at radius 2 is 2.05 bits per heavy atom. The van der Waals surface area contributed by atoms with Gasteiger partial charge >= 0.3 is 5.97 Å². The van der Waals surface area contributed by atoms with Crippen molar-refractivity contribution in [3.63, 3.8) is 0 Å². The molecule has 104 valence electrons. The zero-order valence-corrected chi connectivity index (χ0v) is 15.2. The smallest absolute Gasteiger partial charge is 0.326 e. The van der Waals surface area contributed by atoms with Crippen LogP contribution in [0.2, 0.25) is 0 Å². The lowest BCUT2D eigenvalue weighted by molar-refractivity contribution is -0.138. The van der Waals surface area contributed by atoms with Crippen molar-refractivity contribution in [2.75, 3.05) is 0 Å². The Balaban J connectivity index is 0.000000861. The molecule has 0 radical (unpaired) electrons. The van der Waals surface area contributed by atoms with E-state index in [4.69, 9.17) is 4.74 Å². The molecule has 1 aliphatic heterocycles. The number of unbranched alkanes of at least 4 members (excludes halogenated alkanes) is 1. The Hall–Kier alpha value is -0.180. The van der Waals surface area contributed by atoms with Gasteiger partial charge in [-0.25, -0.2) is 0 Å². The standard InChI is InChI=1S/C14H16O3.I2/c1-3-4-5-11(15)13-10-8-9(2)6-7-12(10)17-14(13)16;1-2/h6-8,13H,3-5H2,1-2H3;. The quantitative estimate of drug-likeness (QED) is 0.272. The van der Waals surface area contributed by atoms with Gasteiger partial charge in [-0.2, -0.15) is 0 Å². The van der Waals surface area contributed by atoms with Crippen molar-refractivity contribution < 1.29 is 14.3 Å². The van der Waals surface area contributed by atoms with E-state index in [0.717, 1.165) is 24.0 Å². The fourth-order valence-corrected chi connectivity index (χ4v) is 2.08. The lowest BCUT2D eigenvalue weighted by atomic mass is 9.92. The van der Waals surface area contributed by atoms with Crippen LogP contribution in [0.1, 0.15) is 43.2 Å². The molecule has 0 fully saturated rings. The molecule has 0 amide bonds. The molecule has 2 rings (SSSR count). The molecule has 0 bridgehead atoms. The van der Waals surface area contributed by atoms with Crippen molar-refractivity contribution in [1.82, 2.24) is 0 Å². The van der Waals surface area contributed by atoms with Gasteiger partial charge in [0.1, 0.15) is 11.7 Å². The maximum atomic E-state index is 12.0. The van der Waals surface area contributed by atoms with Gasteiger partial charge < -0.3 is 4.74 Å². The van der Waals surface area contributed by atoms with Gasteiger partial charge in [-0.1, -0.05) is 31.0 Å². The second-order valence-electron chi connectivity index (χ2n) is 4.47. The van der Waals surface area contributed by atoms with Gasteiger partial charge in [-0.3, -0.25) is 9.59 Å². The van der Waals surface area contributed by atoms with Gasteiger partial charge in [0.05, 0.1) is 0 Å². The van der Waals surface area contributed by atoms with Gasteiger partial charge in [0.2, 0.25) is 0 Å². The molecule has 1 aromatic carbocycles. The largest absolute Gasteiger partial charge is 0.425 e. The number of carbonyl (C=O) groups is 2. The molecule has 0 aromatic heterocycles. The van der Waals surface area contributed by atoms with Gasteiger partial charge in [-0.05, 0) is 19.4 Å². The second kappa shape index (κ2) is 8.18. The Bertz CT molecular complexity index is 472. The predicted molar refractivity (Wildman–Crippen MR) is 92.1 cm³/mol. The topological polar surface area (TPSA) is 43.4 Å². The van der Waals surface area contributed by atoms with Gasteiger partial charge in [-0.15, -0.1) is 0 Å². The highest BCUT2D eigenvalue weighted by Gasteiger charge is 2.37. The maximum Gasteiger partial charge on any atom is 0.326 e. The van der Waals surface area contributed by atoms with Crippen LogP contribution in [-0.4, -0.2) is 11.8 Å². The molecule has 0 N–H and O–H groups in total. The van der Waals surface area contributed by atoms with Crippen molar-refractivity contribution in [2.45, 2.75) is 39.0 Å². The fourth-order valence-electron chi connectivity index (χ4n) is 2.08. The number of carbonyl (C=O) groups excluding carboxylic acids is 2. The van der Waals surface area contributed by atoms with Crippen LogP contribution in [0.4, 0.5) is 0 Å². The second-order valence-corrected chi connectivity index (χ2v) is 4.47. The van der Waals surface area contributed by atoms with Crippen molar-refractivity contribution in [3.8, 4) is 5.75 Å². The number of halogens is 2. The van der Waals surface area contributed by atoms with E-state index in [1.54, 1.807) is 6.07 Å². The number of aryl methyl sites for hydroxylation is 1. The lowest BCUT2D eigenvalue weighted by Crippen LogP contribution is -2.19. The van der Waals surface area contributed by atoms with E-state index in [1.807, 2.05) is 26.0 Å². The van der Waals surface area contributed by atoms with Crippen LogP contribution in [-0.2, 0) is 9.59 Å². The summed E-state index contributed by atoms with van der Waals surface area (Å²) in [7, 11) is 0. The van der Waals surface area contributed by atoms with Crippen molar-refractivity contribution in [1.29, 1.82) is 0 Å². The maximum absolute atomic E-state index is 12.0. The van der Waals surface area contributed by atoms with Gasteiger partial charge in [0.15, 0.2) is 5.78 Å². The minimum Gasteiger partial charge on any atom is -0.425 e. The predicted octanol–water partition coefficient (Wildman–Crippen LogP) is 4.53. The number of ketones is 1. The van der Waals surface area contributed by atoms with Crippen LogP contribution in [0.15, 0.2) is 18.2 Å². The minimum atomic E-state index is -0.698. The molecule has 0 saturated carbocycles. The number of esters is 1. The van der Waals surface area contributed by atoms with Crippen molar-refractivity contribution in [3.05, 3.63) is 29.3 Å². The SMILES string of the molecule is CCCCC(=O)C1C(=O)Oc2ccc(C)cc21.II. The number of rotatable bonds is 4. The number of Topliss-reactive ketones (excluding diaryl/α,β-unsaturated/α-hetero) is 1.